The number of nitrogens with one attached hydrogen (secondary N) is 2. The lowest BCUT2D eigenvalue weighted by Gasteiger charge is -2.03. The molecule has 0 radical (unpaired) electrons. The highest BCUT2D eigenvalue weighted by atomic mass is 16.1. The number of hydrogen-bond donors (Lipinski definition) is 2. The van der Waals surface area contributed by atoms with E-state index in [0.29, 0.717) is 25.8 Å². The fourth-order valence-electron chi connectivity index (χ4n) is 0.903. The molecule has 0 fully saturated rings. The molecule has 0 spiro atoms. The molecule has 0 saturated carbocycles. The minimum Gasteiger partial charge on any atom is -0.359 e. The Morgan fingerprint density at radius 2 is 1.87 bits per heavy atom. The molecule has 4 nitrogen and oxygen atoms in total. The van der Waals surface area contributed by atoms with E-state index >= 15 is 0 Å². The van der Waals surface area contributed by atoms with Crippen LogP contribution in [0.4, 0.5) is 0 Å². The molecule has 0 bridgehead atoms. The van der Waals surface area contributed by atoms with Gasteiger partial charge in [0.15, 0.2) is 0 Å². The first-order valence-electron chi connectivity index (χ1n) is 5.75. The molecule has 0 aromatic heterocycles. The van der Waals surface area contributed by atoms with Gasteiger partial charge in [-0.1, -0.05) is 27.2 Å². The lowest BCUT2D eigenvalue weighted by molar-refractivity contribution is -0.121. The molecular weight excluding hydrogens is 192 g/mol. The van der Waals surface area contributed by atoms with E-state index in [-0.39, 0.29) is 5.91 Å². The van der Waals surface area contributed by atoms with Crippen LogP contribution in [-0.4, -0.2) is 25.4 Å². The van der Waals surface area contributed by atoms with Crippen LogP contribution in [0.15, 0.2) is 0 Å². The molecule has 2 amide bonds. The number of carbonyl (C=O) groups is 2. The Balaban J connectivity index is 0. The Hall–Kier alpha value is -1.06. The molecule has 15 heavy (non-hydrogen) atoms. The van der Waals surface area contributed by atoms with Crippen molar-refractivity contribution in [1.29, 1.82) is 0 Å². The summed E-state index contributed by atoms with van der Waals surface area (Å²) in [6.07, 6.45) is 3.96. The third kappa shape index (κ3) is 15.7. The van der Waals surface area contributed by atoms with Gasteiger partial charge in [0.2, 0.25) is 12.3 Å². The van der Waals surface area contributed by atoms with Crippen LogP contribution in [0, 0.1) is 0 Å². The molecule has 0 aromatic carbocycles. The predicted octanol–water partition coefficient (Wildman–Crippen LogP) is 1.46. The molecule has 0 saturated heterocycles. The Morgan fingerprint density at radius 3 is 2.40 bits per heavy atom. The van der Waals surface area contributed by atoms with Crippen molar-refractivity contribution in [2.24, 2.45) is 0 Å². The van der Waals surface area contributed by atoms with Gasteiger partial charge in [0.05, 0.1) is 0 Å². The van der Waals surface area contributed by atoms with Gasteiger partial charge in [0.25, 0.3) is 0 Å². The highest BCUT2D eigenvalue weighted by molar-refractivity contribution is 5.75. The Labute approximate surface area is 92.8 Å². The zero-order valence-electron chi connectivity index (χ0n) is 10.1. The van der Waals surface area contributed by atoms with Gasteiger partial charge in [-0.05, 0) is 12.8 Å². The van der Waals surface area contributed by atoms with Crippen LogP contribution in [0.3, 0.4) is 0 Å². The van der Waals surface area contributed by atoms with Gasteiger partial charge in [0.1, 0.15) is 0 Å². The van der Waals surface area contributed by atoms with Gasteiger partial charge in [-0.15, -0.1) is 0 Å². The second-order valence-corrected chi connectivity index (χ2v) is 2.88. The monoisotopic (exact) mass is 216 g/mol. The number of unbranched alkanes of at least 4 members (excludes halogenated alkanes) is 1. The lowest BCUT2D eigenvalue weighted by atomic mass is 10.3. The first kappa shape index (κ1) is 16.4. The Bertz CT molecular complexity index is 150. The number of carbonyl (C=O) groups excluding carboxylic acids is 2. The normalized spacial score (nSPS) is 8.47. The van der Waals surface area contributed by atoms with Crippen LogP contribution >= 0.6 is 0 Å². The molecular formula is C11H24N2O2. The molecule has 90 valence electrons. The predicted molar refractivity (Wildman–Crippen MR) is 62.6 cm³/mol. The Morgan fingerprint density at radius 1 is 1.20 bits per heavy atom. The van der Waals surface area contributed by atoms with Crippen molar-refractivity contribution in [2.75, 3.05) is 13.1 Å². The van der Waals surface area contributed by atoms with Gasteiger partial charge in [-0.3, -0.25) is 9.59 Å². The van der Waals surface area contributed by atoms with Crippen molar-refractivity contribution in [3.05, 3.63) is 0 Å². The van der Waals surface area contributed by atoms with E-state index in [1.165, 1.54) is 0 Å². The summed E-state index contributed by atoms with van der Waals surface area (Å²) in [5.41, 5.74) is 0. The SMILES string of the molecule is CC.CCCCNC(=O)CCCNC=O. The fourth-order valence-corrected chi connectivity index (χ4v) is 0.903. The summed E-state index contributed by atoms with van der Waals surface area (Å²) in [6.45, 7) is 7.42. The van der Waals surface area contributed by atoms with Gasteiger partial charge in [-0.2, -0.15) is 0 Å². The first-order valence-corrected chi connectivity index (χ1v) is 5.75. The van der Waals surface area contributed by atoms with E-state index in [1.54, 1.807) is 0 Å². The van der Waals surface area contributed by atoms with E-state index in [2.05, 4.69) is 17.6 Å². The number of rotatable bonds is 8. The van der Waals surface area contributed by atoms with Crippen LogP contribution in [0.1, 0.15) is 46.5 Å². The maximum Gasteiger partial charge on any atom is 0.220 e. The van der Waals surface area contributed by atoms with E-state index < -0.39 is 0 Å². The van der Waals surface area contributed by atoms with Crippen LogP contribution in [0.5, 0.6) is 0 Å². The summed E-state index contributed by atoms with van der Waals surface area (Å²) < 4.78 is 0. The maximum atomic E-state index is 11.1. The van der Waals surface area contributed by atoms with Gasteiger partial charge < -0.3 is 10.6 Å². The largest absolute Gasteiger partial charge is 0.359 e. The van der Waals surface area contributed by atoms with Crippen molar-refractivity contribution in [2.45, 2.75) is 46.5 Å². The quantitative estimate of drug-likeness (QED) is 0.476. The molecule has 2 N–H and O–H groups in total. The molecule has 0 unspecified atom stereocenters. The minimum atomic E-state index is 0.0705. The molecule has 0 heterocycles. The van der Waals surface area contributed by atoms with Crippen molar-refractivity contribution in [1.82, 2.24) is 10.6 Å². The molecule has 0 aliphatic carbocycles. The highest BCUT2D eigenvalue weighted by Gasteiger charge is 1.98. The topological polar surface area (TPSA) is 58.2 Å². The second-order valence-electron chi connectivity index (χ2n) is 2.88. The molecule has 0 rings (SSSR count). The second kappa shape index (κ2) is 15.4. The first-order chi connectivity index (χ1) is 7.31. The van der Waals surface area contributed by atoms with Crippen LogP contribution in [0.2, 0.25) is 0 Å². The number of amides is 2. The average molecular weight is 216 g/mol. The van der Waals surface area contributed by atoms with E-state index in [0.717, 1.165) is 19.4 Å². The summed E-state index contributed by atoms with van der Waals surface area (Å²) in [5, 5.41) is 5.32. The molecule has 4 heteroatoms. The fraction of sp³-hybridized carbons (Fsp3) is 0.818. The molecule has 0 aliphatic heterocycles. The minimum absolute atomic E-state index is 0.0705. The maximum absolute atomic E-state index is 11.1. The van der Waals surface area contributed by atoms with Crippen molar-refractivity contribution < 1.29 is 9.59 Å². The summed E-state index contributed by atoms with van der Waals surface area (Å²) >= 11 is 0. The summed E-state index contributed by atoms with van der Waals surface area (Å²) in [5.74, 6) is 0.0705. The number of hydrogen-bond acceptors (Lipinski definition) is 2. The van der Waals surface area contributed by atoms with Crippen molar-refractivity contribution in [3.8, 4) is 0 Å². The lowest BCUT2D eigenvalue weighted by Crippen LogP contribution is -2.25. The van der Waals surface area contributed by atoms with E-state index in [9.17, 15) is 9.59 Å². The zero-order valence-corrected chi connectivity index (χ0v) is 10.1. The van der Waals surface area contributed by atoms with E-state index in [1.807, 2.05) is 13.8 Å². The van der Waals surface area contributed by atoms with Crippen LogP contribution < -0.4 is 10.6 Å². The molecule has 0 aliphatic rings. The van der Waals surface area contributed by atoms with Gasteiger partial charge in [-0.25, -0.2) is 0 Å². The van der Waals surface area contributed by atoms with Crippen molar-refractivity contribution >= 4 is 12.3 Å². The smallest absolute Gasteiger partial charge is 0.220 e. The van der Waals surface area contributed by atoms with Gasteiger partial charge >= 0.3 is 0 Å². The summed E-state index contributed by atoms with van der Waals surface area (Å²) in [4.78, 5) is 20.9. The highest BCUT2D eigenvalue weighted by Crippen LogP contribution is 1.88. The van der Waals surface area contributed by atoms with Crippen molar-refractivity contribution in [3.63, 3.8) is 0 Å². The van der Waals surface area contributed by atoms with E-state index in [4.69, 9.17) is 0 Å². The van der Waals surface area contributed by atoms with Gasteiger partial charge in [0, 0.05) is 19.5 Å². The summed E-state index contributed by atoms with van der Waals surface area (Å²) in [7, 11) is 0. The molecule has 0 aromatic rings. The Kier molecular flexibility index (Phi) is 16.8. The van der Waals surface area contributed by atoms with Crippen LogP contribution in [0.25, 0.3) is 0 Å². The third-order valence-electron chi connectivity index (χ3n) is 1.66. The zero-order chi connectivity index (χ0) is 11.9. The summed E-state index contributed by atoms with van der Waals surface area (Å²) in [6, 6.07) is 0. The molecule has 0 atom stereocenters. The third-order valence-corrected chi connectivity index (χ3v) is 1.66. The van der Waals surface area contributed by atoms with Crippen LogP contribution in [-0.2, 0) is 9.59 Å². The standard InChI is InChI=1S/C9H18N2O2.C2H6/c1-2-3-7-11-9(13)5-4-6-10-8-12;1-2/h8H,2-7H2,1H3,(H,10,12)(H,11,13);1-2H3. The average Bonchev–Trinajstić information content (AvgIpc) is 2.28.